The van der Waals surface area contributed by atoms with Crippen molar-refractivity contribution < 1.29 is 0 Å². The van der Waals surface area contributed by atoms with Gasteiger partial charge < -0.3 is 14.0 Å². The zero-order valence-electron chi connectivity index (χ0n) is 29.3. The van der Waals surface area contributed by atoms with Gasteiger partial charge >= 0.3 is 0 Å². The first-order chi connectivity index (χ1) is 27.0. The molecule has 1 aliphatic heterocycles. The van der Waals surface area contributed by atoms with Crippen molar-refractivity contribution in [2.75, 3.05) is 4.90 Å². The largest absolute Gasteiger partial charge is 0.363 e. The van der Waals surface area contributed by atoms with Gasteiger partial charge in [0, 0.05) is 51.7 Å². The highest BCUT2D eigenvalue weighted by atomic mass is 15.1. The Morgan fingerprint density at radius 1 is 0.364 bits per heavy atom. The molecule has 0 bridgehead atoms. The minimum absolute atomic E-state index is 0.566. The van der Waals surface area contributed by atoms with Crippen LogP contribution in [0.1, 0.15) is 33.4 Å². The minimum atomic E-state index is 0.566. The second kappa shape index (κ2) is 12.3. The van der Waals surface area contributed by atoms with Gasteiger partial charge in [-0.2, -0.15) is 21.0 Å². The number of nitriles is 4. The summed E-state index contributed by atoms with van der Waals surface area (Å²) in [7, 11) is 0. The van der Waals surface area contributed by atoms with E-state index in [1.165, 1.54) is 11.1 Å². The van der Waals surface area contributed by atoms with E-state index in [1.807, 2.05) is 78.9 Å². The van der Waals surface area contributed by atoms with Crippen LogP contribution in [0.15, 0.2) is 140 Å². The number of hydrogen-bond donors (Lipinski definition) is 0. The Hall–Kier alpha value is -8.10. The third-order valence-electron chi connectivity index (χ3n) is 10.9. The third kappa shape index (κ3) is 4.93. The molecule has 10 rings (SSSR count). The van der Waals surface area contributed by atoms with E-state index in [0.717, 1.165) is 71.8 Å². The van der Waals surface area contributed by atoms with Gasteiger partial charge in [-0.3, -0.25) is 0 Å². The van der Waals surface area contributed by atoms with Gasteiger partial charge in [0.05, 0.1) is 68.6 Å². The van der Waals surface area contributed by atoms with Crippen LogP contribution in [0.5, 0.6) is 0 Å². The highest BCUT2D eigenvalue weighted by molar-refractivity contribution is 6.11. The molecule has 9 aromatic rings. The van der Waals surface area contributed by atoms with Gasteiger partial charge in [0.15, 0.2) is 0 Å². The number of benzene rings is 7. The van der Waals surface area contributed by atoms with E-state index in [-0.39, 0.29) is 0 Å². The molecule has 0 N–H and O–H groups in total. The third-order valence-corrected chi connectivity index (χ3v) is 10.9. The summed E-state index contributed by atoms with van der Waals surface area (Å²) in [6, 6.07) is 55.9. The maximum atomic E-state index is 9.76. The Labute approximate surface area is 316 Å². The summed E-state index contributed by atoms with van der Waals surface area (Å²) in [4.78, 5) is 2.41. The lowest BCUT2D eigenvalue weighted by molar-refractivity contribution is 0.812. The van der Waals surface area contributed by atoms with Crippen molar-refractivity contribution in [2.45, 2.75) is 13.1 Å². The average molecular weight is 702 g/mol. The van der Waals surface area contributed by atoms with Crippen molar-refractivity contribution in [3.8, 4) is 46.8 Å². The zero-order valence-corrected chi connectivity index (χ0v) is 29.3. The van der Waals surface area contributed by atoms with Crippen LogP contribution >= 0.6 is 0 Å². The Morgan fingerprint density at radius 2 is 0.727 bits per heavy atom. The molecular formula is C48H27N7. The molecule has 3 heterocycles. The van der Waals surface area contributed by atoms with Gasteiger partial charge in [0.2, 0.25) is 0 Å². The summed E-state index contributed by atoms with van der Waals surface area (Å²) in [5.41, 5.74) is 13.8. The summed E-state index contributed by atoms with van der Waals surface area (Å²) in [6.45, 7) is 1.41. The fraction of sp³-hybridized carbons (Fsp3) is 0.0417. The van der Waals surface area contributed by atoms with Crippen LogP contribution in [0, 0.1) is 45.3 Å². The second-order valence-corrected chi connectivity index (χ2v) is 13.9. The van der Waals surface area contributed by atoms with E-state index in [9.17, 15) is 21.0 Å². The SMILES string of the molecule is N#Cc1ccc2c(c1)c1cc(C#N)ccc1n2-c1ccc2c(c1)-c1cc(-n3c4ccc(C#N)cc4c4cc(C#N)ccc43)ccc1CN(c1ccccc1)C2. The van der Waals surface area contributed by atoms with E-state index in [0.29, 0.717) is 35.3 Å². The Kier molecular flexibility index (Phi) is 7.04. The highest BCUT2D eigenvalue weighted by Crippen LogP contribution is 2.41. The second-order valence-electron chi connectivity index (χ2n) is 13.9. The van der Waals surface area contributed by atoms with E-state index in [4.69, 9.17) is 0 Å². The molecule has 0 spiro atoms. The van der Waals surface area contributed by atoms with Crippen molar-refractivity contribution in [1.82, 2.24) is 9.13 Å². The molecule has 0 radical (unpaired) electrons. The van der Waals surface area contributed by atoms with Crippen LogP contribution in [-0.2, 0) is 13.1 Å². The van der Waals surface area contributed by atoms with Gasteiger partial charge in [0.1, 0.15) is 0 Å². The van der Waals surface area contributed by atoms with Gasteiger partial charge in [-0.25, -0.2) is 0 Å². The number of fused-ring (bicyclic) bond motifs is 9. The zero-order chi connectivity index (χ0) is 37.2. The molecule has 0 saturated carbocycles. The first-order valence-electron chi connectivity index (χ1n) is 17.9. The van der Waals surface area contributed by atoms with Gasteiger partial charge in [-0.1, -0.05) is 30.3 Å². The van der Waals surface area contributed by atoms with E-state index in [1.54, 1.807) is 0 Å². The predicted octanol–water partition coefficient (Wildman–Crippen LogP) is 10.6. The topological polar surface area (TPSA) is 108 Å². The molecule has 254 valence electrons. The van der Waals surface area contributed by atoms with Crippen LogP contribution in [-0.4, -0.2) is 9.13 Å². The van der Waals surface area contributed by atoms with E-state index in [2.05, 4.69) is 99.0 Å². The maximum absolute atomic E-state index is 9.76. The predicted molar refractivity (Wildman–Crippen MR) is 216 cm³/mol. The summed E-state index contributed by atoms with van der Waals surface area (Å²) >= 11 is 0. The molecule has 0 atom stereocenters. The normalized spacial score (nSPS) is 12.1. The molecule has 0 fully saturated rings. The standard InChI is InChI=1S/C48H27N7/c49-24-30-6-14-45-41(18-30)42-19-31(25-50)7-15-46(42)54(45)37-12-10-34-28-53(36-4-2-1-3-5-36)29-35-11-13-38(23-40(35)39(34)22-37)55-47-16-8-32(26-51)20-43(47)44-21-33(27-52)9-17-48(44)55/h1-23H,28-29H2. The molecule has 7 heteroatoms. The lowest BCUT2D eigenvalue weighted by atomic mass is 9.95. The number of nitrogens with zero attached hydrogens (tertiary/aromatic N) is 7. The van der Waals surface area contributed by atoms with Crippen LogP contribution in [0.2, 0.25) is 0 Å². The molecule has 0 saturated heterocycles. The summed E-state index contributed by atoms with van der Waals surface area (Å²) in [5, 5.41) is 42.7. The molecule has 0 aliphatic carbocycles. The van der Waals surface area contributed by atoms with Crippen molar-refractivity contribution in [2.24, 2.45) is 0 Å². The van der Waals surface area contributed by atoms with Crippen molar-refractivity contribution in [1.29, 1.82) is 21.0 Å². The molecule has 7 nitrogen and oxygen atoms in total. The molecular weight excluding hydrogens is 675 g/mol. The summed E-state index contributed by atoms with van der Waals surface area (Å²) in [6.07, 6.45) is 0. The smallest absolute Gasteiger partial charge is 0.0991 e. The Bertz CT molecular complexity index is 2920. The molecule has 2 aromatic heterocycles. The first-order valence-corrected chi connectivity index (χ1v) is 17.9. The molecule has 7 aromatic carbocycles. The number of aromatic nitrogens is 2. The number of para-hydroxylation sites is 1. The summed E-state index contributed by atoms with van der Waals surface area (Å²) < 4.78 is 4.45. The molecule has 1 aliphatic rings. The van der Waals surface area contributed by atoms with Crippen LogP contribution in [0.25, 0.3) is 66.1 Å². The number of hydrogen-bond acceptors (Lipinski definition) is 5. The van der Waals surface area contributed by atoms with Crippen molar-refractivity contribution in [3.63, 3.8) is 0 Å². The number of anilines is 1. The lowest BCUT2D eigenvalue weighted by Gasteiger charge is -2.24. The molecule has 0 unspecified atom stereocenters. The molecule has 55 heavy (non-hydrogen) atoms. The summed E-state index contributed by atoms with van der Waals surface area (Å²) in [5.74, 6) is 0. The van der Waals surface area contributed by atoms with E-state index >= 15 is 0 Å². The quantitative estimate of drug-likeness (QED) is 0.182. The minimum Gasteiger partial charge on any atom is -0.363 e. The number of rotatable bonds is 3. The average Bonchev–Trinajstić information content (AvgIpc) is 3.68. The van der Waals surface area contributed by atoms with Gasteiger partial charge in [-0.05, 0) is 131 Å². The maximum Gasteiger partial charge on any atom is 0.0991 e. The Morgan fingerprint density at radius 3 is 1.07 bits per heavy atom. The molecule has 0 amide bonds. The van der Waals surface area contributed by atoms with Crippen LogP contribution in [0.4, 0.5) is 5.69 Å². The van der Waals surface area contributed by atoms with E-state index < -0.39 is 0 Å². The lowest BCUT2D eigenvalue weighted by Crippen LogP contribution is -2.20. The van der Waals surface area contributed by atoms with Gasteiger partial charge in [0.25, 0.3) is 0 Å². The first kappa shape index (κ1) is 31.6. The van der Waals surface area contributed by atoms with Gasteiger partial charge in [-0.15, -0.1) is 0 Å². The van der Waals surface area contributed by atoms with Crippen LogP contribution < -0.4 is 4.90 Å². The fourth-order valence-corrected chi connectivity index (χ4v) is 8.35. The van der Waals surface area contributed by atoms with Crippen molar-refractivity contribution >= 4 is 49.3 Å². The van der Waals surface area contributed by atoms with Crippen molar-refractivity contribution in [3.05, 3.63) is 173 Å². The Balaban J connectivity index is 1.23. The fourth-order valence-electron chi connectivity index (χ4n) is 8.35. The highest BCUT2D eigenvalue weighted by Gasteiger charge is 2.24. The van der Waals surface area contributed by atoms with Crippen LogP contribution in [0.3, 0.4) is 0 Å². The monoisotopic (exact) mass is 701 g/mol.